The molecule has 14 heteroatoms. The van der Waals surface area contributed by atoms with Gasteiger partial charge in [-0.15, -0.1) is 0 Å². The van der Waals surface area contributed by atoms with Crippen LogP contribution in [0.15, 0.2) is 24.3 Å². The van der Waals surface area contributed by atoms with Crippen LogP contribution in [-0.4, -0.2) is 102 Å². The maximum atomic E-state index is 14.8. The standard InChI is InChI=1S/C41H64N6O7S/c1-24(2)30(42-34(50)31(37(6,7)8)43-32(48)28-14-11-12-19-46(28)25(3)4)35(51)47-23-41(38(9,10)40(41)17-13-18-40)22-29(47)33(49)44-39(20-26(5)21-39)36(52)45-55(53,54)27-15-16-27/h25,27-31H,1,5,11-23H2,2-4,6-10H3,(H,42,50)(H,43,48)(H,44,49)(H,45,52)/t28-,29-,30-,31+,41+/m0/s1. The summed E-state index contributed by atoms with van der Waals surface area (Å²) in [6.45, 7) is 24.9. The number of sulfonamides is 1. The molecule has 0 aromatic rings. The van der Waals surface area contributed by atoms with Crippen LogP contribution in [0.3, 0.4) is 0 Å². The van der Waals surface area contributed by atoms with E-state index in [4.69, 9.17) is 0 Å². The molecule has 4 saturated carbocycles. The van der Waals surface area contributed by atoms with Gasteiger partial charge in [-0.25, -0.2) is 8.42 Å². The molecule has 6 rings (SSSR count). The summed E-state index contributed by atoms with van der Waals surface area (Å²) in [6.07, 6.45) is 7.19. The van der Waals surface area contributed by atoms with Crippen molar-refractivity contribution in [1.82, 2.24) is 30.5 Å². The predicted octanol–water partition coefficient (Wildman–Crippen LogP) is 3.45. The quantitative estimate of drug-likeness (QED) is 0.218. The van der Waals surface area contributed by atoms with Crippen molar-refractivity contribution in [3.05, 3.63) is 24.3 Å². The van der Waals surface area contributed by atoms with Gasteiger partial charge >= 0.3 is 0 Å². The largest absolute Gasteiger partial charge is 0.342 e. The fourth-order valence-electron chi connectivity index (χ4n) is 10.7. The minimum atomic E-state index is -3.87. The molecule has 0 aromatic heterocycles. The number of nitrogens with zero attached hydrogens (tertiary/aromatic N) is 2. The third-order valence-corrected chi connectivity index (χ3v) is 16.3. The molecule has 0 aromatic carbocycles. The highest BCUT2D eigenvalue weighted by Gasteiger charge is 2.85. The molecule has 6 fully saturated rings. The first-order valence-corrected chi connectivity index (χ1v) is 21.9. The van der Waals surface area contributed by atoms with E-state index in [0.29, 0.717) is 43.4 Å². The zero-order valence-electron chi connectivity index (χ0n) is 34.2. The van der Waals surface area contributed by atoms with E-state index in [9.17, 15) is 32.4 Å². The number of hydrogen-bond donors (Lipinski definition) is 4. The first kappa shape index (κ1) is 41.4. The molecule has 0 radical (unpaired) electrons. The van der Waals surface area contributed by atoms with Gasteiger partial charge in [-0.3, -0.25) is 33.6 Å². The average Bonchev–Trinajstić information content (AvgIpc) is 3.92. The average molecular weight is 785 g/mol. The Morgan fingerprint density at radius 3 is 2.02 bits per heavy atom. The van der Waals surface area contributed by atoms with Crippen molar-refractivity contribution in [3.8, 4) is 0 Å². The second-order valence-electron chi connectivity index (χ2n) is 19.6. The molecule has 306 valence electrons. The lowest BCUT2D eigenvalue weighted by Crippen LogP contribution is -2.67. The Morgan fingerprint density at radius 2 is 1.53 bits per heavy atom. The summed E-state index contributed by atoms with van der Waals surface area (Å²) in [4.78, 5) is 74.7. The molecule has 13 nitrogen and oxygen atoms in total. The summed E-state index contributed by atoms with van der Waals surface area (Å²) in [5, 5.41) is 8.24. The van der Waals surface area contributed by atoms with Crippen LogP contribution in [0.2, 0.25) is 0 Å². The van der Waals surface area contributed by atoms with Crippen LogP contribution < -0.4 is 20.7 Å². The monoisotopic (exact) mass is 784 g/mol. The van der Waals surface area contributed by atoms with E-state index in [1.807, 2.05) is 20.8 Å². The Morgan fingerprint density at radius 1 is 0.891 bits per heavy atom. The minimum absolute atomic E-state index is 0.0295. The molecular weight excluding hydrogens is 721 g/mol. The van der Waals surface area contributed by atoms with E-state index in [0.717, 1.165) is 38.6 Å². The van der Waals surface area contributed by atoms with Crippen LogP contribution in [0.1, 0.15) is 126 Å². The Hall–Kier alpha value is -3.26. The number of carbonyl (C=O) groups is 5. The Kier molecular flexibility index (Phi) is 10.5. The molecular formula is C41H64N6O7S. The van der Waals surface area contributed by atoms with Crippen LogP contribution in [-0.2, 0) is 34.0 Å². The summed E-state index contributed by atoms with van der Waals surface area (Å²) < 4.78 is 27.7. The van der Waals surface area contributed by atoms with Crippen LogP contribution >= 0.6 is 0 Å². The zero-order chi connectivity index (χ0) is 40.7. The highest BCUT2D eigenvalue weighted by Crippen LogP contribution is 2.88. The third-order valence-electron chi connectivity index (χ3n) is 14.4. The van der Waals surface area contributed by atoms with Gasteiger partial charge in [-0.1, -0.05) is 66.2 Å². The molecule has 2 spiro atoms. The normalized spacial score (nSPS) is 29.1. The highest BCUT2D eigenvalue weighted by atomic mass is 32.2. The lowest BCUT2D eigenvalue weighted by Gasteiger charge is -2.43. The first-order chi connectivity index (χ1) is 25.4. The smallest absolute Gasteiger partial charge is 0.259 e. The van der Waals surface area contributed by atoms with E-state index in [1.165, 1.54) is 0 Å². The van der Waals surface area contributed by atoms with Crippen LogP contribution in [0.5, 0.6) is 0 Å². The second kappa shape index (κ2) is 14.0. The number of likely N-dealkylation sites (tertiary alicyclic amines) is 2. The number of rotatable bonds is 12. The Labute approximate surface area is 327 Å². The minimum Gasteiger partial charge on any atom is -0.342 e. The van der Waals surface area contributed by atoms with Crippen molar-refractivity contribution < 1.29 is 32.4 Å². The summed E-state index contributed by atoms with van der Waals surface area (Å²) in [5.74, 6) is -2.56. The van der Waals surface area contributed by atoms with Gasteiger partial charge in [-0.2, -0.15) is 0 Å². The fraction of sp³-hybridized carbons (Fsp3) is 0.780. The molecule has 0 unspecified atom stereocenters. The van der Waals surface area contributed by atoms with Crippen molar-refractivity contribution in [2.24, 2.45) is 21.7 Å². The van der Waals surface area contributed by atoms with E-state index < -0.39 is 68.0 Å². The molecule has 2 heterocycles. The lowest BCUT2D eigenvalue weighted by molar-refractivity contribution is -0.143. The Balaban J connectivity index is 1.25. The predicted molar refractivity (Wildman–Crippen MR) is 210 cm³/mol. The molecule has 2 saturated heterocycles. The van der Waals surface area contributed by atoms with Crippen LogP contribution in [0.25, 0.3) is 0 Å². The number of nitrogens with one attached hydrogen (secondary N) is 4. The molecule has 0 bridgehead atoms. The van der Waals surface area contributed by atoms with Crippen molar-refractivity contribution in [2.45, 2.75) is 167 Å². The van der Waals surface area contributed by atoms with Gasteiger partial charge in [0.1, 0.15) is 23.7 Å². The van der Waals surface area contributed by atoms with Crippen LogP contribution in [0.4, 0.5) is 0 Å². The van der Waals surface area contributed by atoms with Gasteiger partial charge in [0.15, 0.2) is 0 Å². The number of piperidine rings is 1. The maximum Gasteiger partial charge on any atom is 0.259 e. The van der Waals surface area contributed by atoms with E-state index >= 15 is 0 Å². The zero-order valence-corrected chi connectivity index (χ0v) is 35.0. The number of fused-ring (bicyclic) bond motifs is 1. The molecule has 4 aliphatic carbocycles. The molecule has 5 atom stereocenters. The molecule has 5 amide bonds. The van der Waals surface area contributed by atoms with Gasteiger partial charge in [0, 0.05) is 30.8 Å². The second-order valence-corrected chi connectivity index (χ2v) is 21.6. The van der Waals surface area contributed by atoms with E-state index in [2.05, 4.69) is 66.4 Å². The van der Waals surface area contributed by atoms with Crippen molar-refractivity contribution in [2.75, 3.05) is 13.1 Å². The van der Waals surface area contributed by atoms with Gasteiger partial charge in [-0.05, 0) is 94.1 Å². The molecule has 2 aliphatic heterocycles. The van der Waals surface area contributed by atoms with Crippen molar-refractivity contribution >= 4 is 39.6 Å². The summed E-state index contributed by atoms with van der Waals surface area (Å²) >= 11 is 0. The SMILES string of the molecule is C=C1CC(NC(=O)[C@@H]2C[C@@]3(CN2C(=O)[C@@H](NC(=O)[C@@H](NC(=O)[C@@H]2CCCCN2C(C)C)C(C)(C)C)C(=C)C)C(C)(C)C32CCC2)(C(=O)NS(=O)(=O)C2CC2)C1. The van der Waals surface area contributed by atoms with Gasteiger partial charge in [0.25, 0.3) is 5.91 Å². The molecule has 4 N–H and O–H groups in total. The van der Waals surface area contributed by atoms with Crippen LogP contribution in [0, 0.1) is 21.7 Å². The number of carbonyl (C=O) groups excluding carboxylic acids is 5. The Bertz CT molecular complexity index is 1770. The summed E-state index contributed by atoms with van der Waals surface area (Å²) in [5.41, 5.74) is -1.66. The fourth-order valence-corrected chi connectivity index (χ4v) is 12.1. The highest BCUT2D eigenvalue weighted by molar-refractivity contribution is 7.91. The number of amides is 5. The van der Waals surface area contributed by atoms with E-state index in [1.54, 1.807) is 11.8 Å². The van der Waals surface area contributed by atoms with Gasteiger partial charge < -0.3 is 20.9 Å². The topological polar surface area (TPSA) is 174 Å². The summed E-state index contributed by atoms with van der Waals surface area (Å²) in [6, 6.07) is -3.33. The lowest BCUT2D eigenvalue weighted by atomic mass is 9.72. The molecule has 55 heavy (non-hydrogen) atoms. The van der Waals surface area contributed by atoms with E-state index in [-0.39, 0.29) is 47.1 Å². The summed E-state index contributed by atoms with van der Waals surface area (Å²) in [7, 11) is -3.87. The van der Waals surface area contributed by atoms with Gasteiger partial charge in [0.05, 0.1) is 11.3 Å². The molecule has 6 aliphatic rings. The van der Waals surface area contributed by atoms with Crippen molar-refractivity contribution in [1.29, 1.82) is 0 Å². The maximum absolute atomic E-state index is 14.8. The third kappa shape index (κ3) is 6.95. The first-order valence-electron chi connectivity index (χ1n) is 20.3. The number of hydrogen-bond acceptors (Lipinski definition) is 8. The van der Waals surface area contributed by atoms with Gasteiger partial charge in [0.2, 0.25) is 33.7 Å². The van der Waals surface area contributed by atoms with Crippen molar-refractivity contribution in [3.63, 3.8) is 0 Å².